The third kappa shape index (κ3) is 2.41. The molecule has 1 saturated heterocycles. The smallest absolute Gasteiger partial charge is 0.147 e. The summed E-state index contributed by atoms with van der Waals surface area (Å²) in [5.41, 5.74) is 0.929. The Morgan fingerprint density at radius 2 is 2.11 bits per heavy atom. The Morgan fingerprint density at radius 1 is 1.39 bits per heavy atom. The largest absolute Gasteiger partial charge is 0.353 e. The molecule has 2 rings (SSSR count). The topological polar surface area (TPSA) is 46.1 Å². The second-order valence-electron chi connectivity index (χ2n) is 4.88. The minimum Gasteiger partial charge on any atom is -0.353 e. The van der Waals surface area contributed by atoms with Crippen LogP contribution in [0.4, 0.5) is 5.82 Å². The summed E-state index contributed by atoms with van der Waals surface area (Å²) in [5, 5.41) is 0. The molecule has 1 fully saturated rings. The molecule has 0 radical (unpaired) electrons. The number of rotatable bonds is 3. The fraction of sp³-hybridized carbons (Fsp3) is 0.692. The van der Waals surface area contributed by atoms with Gasteiger partial charge in [-0.1, -0.05) is 13.8 Å². The van der Waals surface area contributed by atoms with Gasteiger partial charge in [0.1, 0.15) is 5.82 Å². The van der Waals surface area contributed by atoms with Gasteiger partial charge in [0.15, 0.2) is 0 Å². The van der Waals surface area contributed by atoms with Crippen molar-refractivity contribution in [2.45, 2.75) is 38.4 Å². The molecule has 18 heavy (non-hydrogen) atoms. The summed E-state index contributed by atoms with van der Waals surface area (Å²) in [6.07, 6.45) is 5.47. The van der Waals surface area contributed by atoms with E-state index in [4.69, 9.17) is 0 Å². The fourth-order valence-electron chi connectivity index (χ4n) is 2.50. The van der Waals surface area contributed by atoms with Gasteiger partial charge in [0.2, 0.25) is 0 Å². The highest BCUT2D eigenvalue weighted by Gasteiger charge is 2.39. The van der Waals surface area contributed by atoms with Crippen LogP contribution >= 0.6 is 0 Å². The molecule has 1 aliphatic heterocycles. The first-order chi connectivity index (χ1) is 8.61. The molecular formula is C13H21N3OS. The predicted octanol–water partition coefficient (Wildman–Crippen LogP) is 1.91. The first-order valence-electron chi connectivity index (χ1n) is 6.53. The van der Waals surface area contributed by atoms with Crippen LogP contribution in [0.1, 0.15) is 32.4 Å². The molecule has 0 spiro atoms. The molecule has 1 unspecified atom stereocenters. The number of hydrogen-bond acceptors (Lipinski definition) is 4. The maximum Gasteiger partial charge on any atom is 0.147 e. The lowest BCUT2D eigenvalue weighted by atomic mass is 10.0. The highest BCUT2D eigenvalue weighted by molar-refractivity contribution is 7.86. The fourth-order valence-corrected chi connectivity index (χ4v) is 4.27. The Morgan fingerprint density at radius 3 is 2.72 bits per heavy atom. The van der Waals surface area contributed by atoms with Gasteiger partial charge in [-0.25, -0.2) is 4.98 Å². The standard InChI is InChI=1S/C13H21N3OS/c1-4-13(5-2)10-16(6-7-18(13)17)12-9-14-8-11(3)15-12/h8-9H,4-7,10H2,1-3H3. The van der Waals surface area contributed by atoms with Crippen LogP contribution in [0.3, 0.4) is 0 Å². The van der Waals surface area contributed by atoms with Crippen LogP contribution in [0.2, 0.25) is 0 Å². The van der Waals surface area contributed by atoms with E-state index in [1.165, 1.54) is 0 Å². The molecule has 4 nitrogen and oxygen atoms in total. The molecule has 0 N–H and O–H groups in total. The van der Waals surface area contributed by atoms with E-state index >= 15 is 0 Å². The van der Waals surface area contributed by atoms with Crippen molar-refractivity contribution in [3.05, 3.63) is 18.1 Å². The average Bonchev–Trinajstić information content (AvgIpc) is 2.40. The molecule has 5 heteroatoms. The minimum atomic E-state index is -0.726. The Kier molecular flexibility index (Phi) is 4.00. The Labute approximate surface area is 111 Å². The van der Waals surface area contributed by atoms with Crippen molar-refractivity contribution in [2.75, 3.05) is 23.7 Å². The normalized spacial score (nSPS) is 23.1. The van der Waals surface area contributed by atoms with Crippen molar-refractivity contribution < 1.29 is 4.21 Å². The SMILES string of the molecule is CCC1(CC)CN(c2cncc(C)n2)CCS1=O. The van der Waals surface area contributed by atoms with Gasteiger partial charge in [-0.15, -0.1) is 0 Å². The van der Waals surface area contributed by atoms with Crippen molar-refractivity contribution in [2.24, 2.45) is 0 Å². The molecule has 0 bridgehead atoms. The summed E-state index contributed by atoms with van der Waals surface area (Å²) in [6.45, 7) is 7.85. The van der Waals surface area contributed by atoms with Gasteiger partial charge in [-0.3, -0.25) is 9.19 Å². The first-order valence-corrected chi connectivity index (χ1v) is 7.85. The Bertz CT molecular complexity index is 446. The van der Waals surface area contributed by atoms with E-state index in [-0.39, 0.29) is 4.75 Å². The third-order valence-electron chi connectivity index (χ3n) is 3.86. The van der Waals surface area contributed by atoms with Gasteiger partial charge < -0.3 is 4.90 Å². The molecule has 1 aliphatic rings. The molecule has 100 valence electrons. The van der Waals surface area contributed by atoms with Gasteiger partial charge in [0, 0.05) is 35.8 Å². The van der Waals surface area contributed by atoms with Gasteiger partial charge in [0.25, 0.3) is 0 Å². The molecular weight excluding hydrogens is 246 g/mol. The van der Waals surface area contributed by atoms with Crippen molar-refractivity contribution in [1.82, 2.24) is 9.97 Å². The van der Waals surface area contributed by atoms with Crippen LogP contribution in [-0.2, 0) is 10.8 Å². The maximum atomic E-state index is 12.3. The summed E-state index contributed by atoms with van der Waals surface area (Å²) >= 11 is 0. The zero-order valence-electron chi connectivity index (χ0n) is 11.3. The van der Waals surface area contributed by atoms with Crippen LogP contribution in [-0.4, -0.2) is 37.8 Å². The predicted molar refractivity (Wildman–Crippen MR) is 75.3 cm³/mol. The molecule has 0 aromatic carbocycles. The number of anilines is 1. The summed E-state index contributed by atoms with van der Waals surface area (Å²) < 4.78 is 12.2. The molecule has 1 aromatic heterocycles. The van der Waals surface area contributed by atoms with E-state index in [0.717, 1.165) is 43.2 Å². The van der Waals surface area contributed by atoms with E-state index in [1.807, 2.05) is 6.92 Å². The zero-order chi connectivity index (χ0) is 13.2. The van der Waals surface area contributed by atoms with Crippen LogP contribution in [0.15, 0.2) is 12.4 Å². The van der Waals surface area contributed by atoms with Gasteiger partial charge in [0.05, 0.1) is 16.6 Å². The lowest BCUT2D eigenvalue weighted by Crippen LogP contribution is -2.53. The van der Waals surface area contributed by atoms with Crippen molar-refractivity contribution in [3.8, 4) is 0 Å². The van der Waals surface area contributed by atoms with E-state index < -0.39 is 10.8 Å². The quantitative estimate of drug-likeness (QED) is 0.839. The number of aryl methyl sites for hydroxylation is 1. The highest BCUT2D eigenvalue weighted by Crippen LogP contribution is 2.30. The lowest BCUT2D eigenvalue weighted by Gasteiger charge is -2.41. The van der Waals surface area contributed by atoms with Crippen LogP contribution in [0.5, 0.6) is 0 Å². The van der Waals surface area contributed by atoms with E-state index in [2.05, 4.69) is 28.7 Å². The van der Waals surface area contributed by atoms with Crippen LogP contribution in [0, 0.1) is 6.92 Å². The number of aromatic nitrogens is 2. The van der Waals surface area contributed by atoms with Gasteiger partial charge in [-0.2, -0.15) is 0 Å². The van der Waals surface area contributed by atoms with E-state index in [9.17, 15) is 4.21 Å². The second-order valence-corrected chi connectivity index (χ2v) is 6.85. The van der Waals surface area contributed by atoms with E-state index in [1.54, 1.807) is 12.4 Å². The van der Waals surface area contributed by atoms with Crippen LogP contribution in [0.25, 0.3) is 0 Å². The number of hydrogen-bond donors (Lipinski definition) is 0. The monoisotopic (exact) mass is 267 g/mol. The van der Waals surface area contributed by atoms with Crippen LogP contribution < -0.4 is 4.90 Å². The highest BCUT2D eigenvalue weighted by atomic mass is 32.2. The molecule has 0 aliphatic carbocycles. The summed E-state index contributed by atoms with van der Waals surface area (Å²) in [4.78, 5) is 10.9. The first kappa shape index (κ1) is 13.5. The average molecular weight is 267 g/mol. The molecule has 1 atom stereocenters. The maximum absolute atomic E-state index is 12.3. The minimum absolute atomic E-state index is 0.0797. The summed E-state index contributed by atoms with van der Waals surface area (Å²) in [6, 6.07) is 0. The zero-order valence-corrected chi connectivity index (χ0v) is 12.2. The second kappa shape index (κ2) is 5.34. The summed E-state index contributed by atoms with van der Waals surface area (Å²) in [5.74, 6) is 1.65. The Hall–Kier alpha value is -0.970. The van der Waals surface area contributed by atoms with E-state index in [0.29, 0.717) is 0 Å². The van der Waals surface area contributed by atoms with Crippen molar-refractivity contribution >= 4 is 16.6 Å². The summed E-state index contributed by atoms with van der Waals surface area (Å²) in [7, 11) is -0.726. The molecule has 0 saturated carbocycles. The molecule has 0 amide bonds. The molecule has 1 aromatic rings. The number of nitrogens with zero attached hydrogens (tertiary/aromatic N) is 3. The lowest BCUT2D eigenvalue weighted by molar-refractivity contribution is 0.494. The third-order valence-corrected chi connectivity index (χ3v) is 6.09. The molecule has 2 heterocycles. The van der Waals surface area contributed by atoms with Gasteiger partial charge >= 0.3 is 0 Å². The van der Waals surface area contributed by atoms with Crippen molar-refractivity contribution in [3.63, 3.8) is 0 Å². The Balaban J connectivity index is 2.24. The van der Waals surface area contributed by atoms with Crippen molar-refractivity contribution in [1.29, 1.82) is 0 Å². The van der Waals surface area contributed by atoms with Gasteiger partial charge in [-0.05, 0) is 19.8 Å².